The van der Waals surface area contributed by atoms with Crippen molar-refractivity contribution in [3.05, 3.63) is 65.7 Å². The molecule has 0 unspecified atom stereocenters. The number of benzene rings is 2. The fourth-order valence-corrected chi connectivity index (χ4v) is 9.66. The molecule has 2 aromatic rings. The van der Waals surface area contributed by atoms with Crippen molar-refractivity contribution in [2.75, 3.05) is 81.4 Å². The van der Waals surface area contributed by atoms with E-state index in [0.717, 1.165) is 5.56 Å². The lowest BCUT2D eigenvalue weighted by Crippen LogP contribution is -2.61. The van der Waals surface area contributed by atoms with Crippen LogP contribution in [0.5, 0.6) is 17.2 Å². The monoisotopic (exact) mass is 1160 g/mol. The summed E-state index contributed by atoms with van der Waals surface area (Å²) in [7, 11) is 7.48. The standard InChI is InChI=1S/C61H88N6O16/c1-39-53(71)62-43(35-81-59(2,3)4)54(72)65(12)46(36-82-60(5,6)7)56(74)66-32-20-24-44(66)55(73)63(10)30-17-16-25-51(69)80-38-61(8,9)52(70)57(75)67-31-18-15-23-45(67)58(76)83-47(28-26-40-27-29-48(77-13)49(33-40)78-14)41-21-19-22-42(34-41)79-37-50(68)64(39)11/h16,19,21-22,25,27,29,33-34,39,43-47H,15,17-18,20,23-24,26,28,30-32,35-38H2,1-14H3,(H,62,71)/t39-,43-,44-,45-,46-,47+/m0/s1. The van der Waals surface area contributed by atoms with Crippen molar-refractivity contribution in [3.63, 3.8) is 0 Å². The lowest BCUT2D eigenvalue weighted by Gasteiger charge is -2.37. The highest BCUT2D eigenvalue weighted by Gasteiger charge is 2.45. The van der Waals surface area contributed by atoms with Crippen molar-refractivity contribution in [1.29, 1.82) is 0 Å². The number of hydrogen-bond donors (Lipinski definition) is 1. The van der Waals surface area contributed by atoms with Crippen molar-refractivity contribution in [3.8, 4) is 17.2 Å². The van der Waals surface area contributed by atoms with E-state index < -0.39 is 113 Å². The van der Waals surface area contributed by atoms with Gasteiger partial charge in [-0.1, -0.05) is 24.3 Å². The summed E-state index contributed by atoms with van der Waals surface area (Å²) in [6, 6.07) is 6.34. The molecule has 2 bridgehead atoms. The van der Waals surface area contributed by atoms with Gasteiger partial charge in [-0.25, -0.2) is 9.59 Å². The van der Waals surface area contributed by atoms with Crippen LogP contribution in [0.2, 0.25) is 0 Å². The second-order valence-electron chi connectivity index (χ2n) is 24.0. The minimum absolute atomic E-state index is 0.103. The van der Waals surface area contributed by atoms with Crippen LogP contribution in [0.25, 0.3) is 0 Å². The zero-order chi connectivity index (χ0) is 61.6. The number of likely N-dealkylation sites (N-methyl/N-ethyl adjacent to an activating group) is 3. The van der Waals surface area contributed by atoms with E-state index in [1.54, 1.807) is 78.9 Å². The summed E-state index contributed by atoms with van der Waals surface area (Å²) in [4.78, 5) is 134. The molecule has 22 nitrogen and oxygen atoms in total. The maximum Gasteiger partial charge on any atom is 0.330 e. The molecular formula is C61H88N6O16. The average molecular weight is 1160 g/mol. The maximum atomic E-state index is 14.7. The Bertz CT molecular complexity index is 2680. The van der Waals surface area contributed by atoms with Gasteiger partial charge in [0.2, 0.25) is 29.4 Å². The van der Waals surface area contributed by atoms with Gasteiger partial charge < -0.3 is 63.0 Å². The normalized spacial score (nSPS) is 24.1. The number of nitrogens with one attached hydrogen (secondary N) is 1. The highest BCUT2D eigenvalue weighted by Crippen LogP contribution is 2.33. The molecule has 22 heteroatoms. The number of nitrogens with zero attached hydrogens (tertiary/aromatic N) is 5. The van der Waals surface area contributed by atoms with Gasteiger partial charge in [0.05, 0.1) is 44.1 Å². The number of ether oxygens (including phenoxy) is 7. The number of fused-ring (bicyclic) bond motifs is 4. The topological polar surface area (TPSA) is 246 Å². The number of methoxy groups -OCH3 is 2. The van der Waals surface area contributed by atoms with Crippen LogP contribution in [-0.2, 0) is 68.5 Å². The number of amides is 6. The molecule has 6 amide bonds. The summed E-state index contributed by atoms with van der Waals surface area (Å²) in [5, 5.41) is 2.76. The van der Waals surface area contributed by atoms with Crippen LogP contribution < -0.4 is 19.5 Å². The third-order valence-electron chi connectivity index (χ3n) is 14.9. The Morgan fingerprint density at radius 2 is 1.37 bits per heavy atom. The van der Waals surface area contributed by atoms with Gasteiger partial charge in [-0.05, 0) is 149 Å². The molecule has 3 aliphatic rings. The van der Waals surface area contributed by atoms with Crippen molar-refractivity contribution in [2.24, 2.45) is 5.41 Å². The first-order chi connectivity index (χ1) is 39.0. The summed E-state index contributed by atoms with van der Waals surface area (Å²) in [5.74, 6) is -4.93. The maximum absolute atomic E-state index is 14.7. The molecular weight excluding hydrogens is 1070 g/mol. The molecule has 0 saturated carbocycles. The zero-order valence-corrected chi connectivity index (χ0v) is 51.0. The van der Waals surface area contributed by atoms with Gasteiger partial charge in [0.15, 0.2) is 18.1 Å². The van der Waals surface area contributed by atoms with E-state index in [-0.39, 0.29) is 63.8 Å². The molecule has 3 aliphatic heterocycles. The van der Waals surface area contributed by atoms with E-state index in [0.29, 0.717) is 49.2 Å². The first kappa shape index (κ1) is 66.7. The predicted molar refractivity (Wildman–Crippen MR) is 306 cm³/mol. The molecule has 6 atom stereocenters. The largest absolute Gasteiger partial charge is 0.493 e. The van der Waals surface area contributed by atoms with Crippen molar-refractivity contribution >= 4 is 53.2 Å². The molecule has 2 fully saturated rings. The minimum atomic E-state index is -1.49. The van der Waals surface area contributed by atoms with E-state index >= 15 is 0 Å². The zero-order valence-electron chi connectivity index (χ0n) is 51.0. The average Bonchev–Trinajstić information content (AvgIpc) is 4.14. The van der Waals surface area contributed by atoms with E-state index in [9.17, 15) is 43.2 Å². The van der Waals surface area contributed by atoms with E-state index in [1.807, 2.05) is 12.1 Å². The number of Topliss-reactive ketones (excluding diaryl/α,β-unsaturated/α-hetero) is 1. The lowest BCUT2D eigenvalue weighted by atomic mass is 9.87. The molecule has 2 saturated heterocycles. The van der Waals surface area contributed by atoms with Gasteiger partial charge >= 0.3 is 11.9 Å². The number of carbonyl (C=O) groups excluding carboxylic acids is 9. The Hall–Kier alpha value is -7.07. The van der Waals surface area contributed by atoms with Crippen LogP contribution >= 0.6 is 0 Å². The lowest BCUT2D eigenvalue weighted by molar-refractivity contribution is -0.165. The van der Waals surface area contributed by atoms with Crippen molar-refractivity contribution in [2.45, 2.75) is 161 Å². The molecule has 0 spiro atoms. The predicted octanol–water partition coefficient (Wildman–Crippen LogP) is 5.02. The second kappa shape index (κ2) is 29.4. The van der Waals surface area contributed by atoms with Gasteiger partial charge in [0.25, 0.3) is 11.8 Å². The summed E-state index contributed by atoms with van der Waals surface area (Å²) >= 11 is 0. The number of esters is 2. The number of cyclic esters (lactones) is 2. The van der Waals surface area contributed by atoms with Gasteiger partial charge in [0, 0.05) is 46.9 Å². The third kappa shape index (κ3) is 18.7. The second-order valence-corrected chi connectivity index (χ2v) is 24.0. The Kier molecular flexibility index (Phi) is 23.7. The molecule has 458 valence electrons. The van der Waals surface area contributed by atoms with Gasteiger partial charge in [0.1, 0.15) is 48.7 Å². The molecule has 3 heterocycles. The molecule has 0 radical (unpaired) electrons. The quantitative estimate of drug-likeness (QED) is 0.256. The van der Waals surface area contributed by atoms with Gasteiger partial charge in [-0.3, -0.25) is 33.6 Å². The molecule has 83 heavy (non-hydrogen) atoms. The van der Waals surface area contributed by atoms with Crippen LogP contribution in [0.1, 0.15) is 124 Å². The third-order valence-corrected chi connectivity index (χ3v) is 14.9. The highest BCUT2D eigenvalue weighted by atomic mass is 16.5. The molecule has 0 aromatic heterocycles. The number of hydrogen-bond acceptors (Lipinski definition) is 16. The van der Waals surface area contributed by atoms with Crippen LogP contribution in [-0.4, -0.2) is 201 Å². The SMILES string of the molecule is COc1ccc(CC[C@H]2OC(=O)[C@@H]3CCCCN3C(=O)C(=O)C(C)(C)COC(=O)C=CCCN(C)C(=O)[C@@H]3CCCN3C(=O)[C@H](COC(C)(C)C)N(C)C(=O)[C@H](COC(C)(C)C)NC(=O)[C@H](C)N(C)C(=O)COc3cccc2c3)cc1OC. The summed E-state index contributed by atoms with van der Waals surface area (Å²) in [5.41, 5.74) is -1.67. The van der Waals surface area contributed by atoms with Crippen LogP contribution in [0, 0.1) is 5.41 Å². The van der Waals surface area contributed by atoms with Crippen molar-refractivity contribution < 1.29 is 76.3 Å². The van der Waals surface area contributed by atoms with Gasteiger partial charge in [-0.15, -0.1) is 0 Å². The molecule has 0 aliphatic carbocycles. The summed E-state index contributed by atoms with van der Waals surface area (Å²) in [6.07, 6.45) is 4.76. The van der Waals surface area contributed by atoms with Crippen molar-refractivity contribution in [1.82, 2.24) is 29.8 Å². The first-order valence-electron chi connectivity index (χ1n) is 28.5. The number of carbonyl (C=O) groups is 9. The van der Waals surface area contributed by atoms with E-state index in [2.05, 4.69) is 5.32 Å². The van der Waals surface area contributed by atoms with E-state index in [1.165, 1.54) is 85.7 Å². The van der Waals surface area contributed by atoms with Crippen LogP contribution in [0.15, 0.2) is 54.6 Å². The number of rotatable bonds is 9. The van der Waals surface area contributed by atoms with Crippen LogP contribution in [0.3, 0.4) is 0 Å². The number of ketones is 1. The highest BCUT2D eigenvalue weighted by molar-refractivity contribution is 6.38. The van der Waals surface area contributed by atoms with Gasteiger partial charge in [-0.2, -0.15) is 0 Å². The Morgan fingerprint density at radius 3 is 2.05 bits per heavy atom. The summed E-state index contributed by atoms with van der Waals surface area (Å²) in [6.45, 7) is 14.2. The van der Waals surface area contributed by atoms with E-state index in [4.69, 9.17) is 33.2 Å². The summed E-state index contributed by atoms with van der Waals surface area (Å²) < 4.78 is 41.0. The molecule has 2 aromatic carbocycles. The van der Waals surface area contributed by atoms with Crippen LogP contribution in [0.4, 0.5) is 0 Å². The number of piperidine rings is 1. The Labute approximate surface area is 488 Å². The minimum Gasteiger partial charge on any atom is -0.493 e. The Balaban J connectivity index is 1.49. The fraction of sp³-hybridized carbons (Fsp3) is 0.623. The molecule has 5 rings (SSSR count). The smallest absolute Gasteiger partial charge is 0.330 e. The first-order valence-corrected chi connectivity index (χ1v) is 28.5. The Morgan fingerprint density at radius 1 is 0.711 bits per heavy atom. The molecule has 1 N–H and O–H groups in total. The number of aryl methyl sites for hydroxylation is 1. The fourth-order valence-electron chi connectivity index (χ4n) is 9.66.